The van der Waals surface area contributed by atoms with Crippen molar-refractivity contribution >= 4 is 11.6 Å². The Morgan fingerprint density at radius 3 is 2.67 bits per heavy atom. The number of nitrogens with zero attached hydrogens (tertiary/aromatic N) is 1. The SMILES string of the molecule is CC1(C)CNC(CCO)C(=O)N1c1ccccc1. The number of hydrogen-bond donors (Lipinski definition) is 2. The average molecular weight is 248 g/mol. The van der Waals surface area contributed by atoms with Gasteiger partial charge in [0.05, 0.1) is 11.6 Å². The van der Waals surface area contributed by atoms with Gasteiger partial charge in [-0.1, -0.05) is 18.2 Å². The Balaban J connectivity index is 2.31. The predicted molar refractivity (Wildman–Crippen MR) is 71.5 cm³/mol. The molecule has 1 saturated heterocycles. The summed E-state index contributed by atoms with van der Waals surface area (Å²) in [5.74, 6) is 0.0338. The molecule has 0 radical (unpaired) electrons. The molecule has 1 atom stereocenters. The van der Waals surface area contributed by atoms with E-state index >= 15 is 0 Å². The van der Waals surface area contributed by atoms with Crippen molar-refractivity contribution in [1.29, 1.82) is 0 Å². The van der Waals surface area contributed by atoms with Crippen molar-refractivity contribution in [3.8, 4) is 0 Å². The summed E-state index contributed by atoms with van der Waals surface area (Å²) in [6.45, 7) is 4.82. The molecular weight excluding hydrogens is 228 g/mol. The van der Waals surface area contributed by atoms with Gasteiger partial charge in [0.2, 0.25) is 5.91 Å². The Labute approximate surface area is 108 Å². The molecule has 1 fully saturated rings. The molecule has 1 heterocycles. The van der Waals surface area contributed by atoms with E-state index in [9.17, 15) is 4.79 Å². The highest BCUT2D eigenvalue weighted by Crippen LogP contribution is 2.27. The Bertz CT molecular complexity index is 417. The Kier molecular flexibility index (Phi) is 3.68. The third kappa shape index (κ3) is 2.40. The summed E-state index contributed by atoms with van der Waals surface area (Å²) < 4.78 is 0. The van der Waals surface area contributed by atoms with Crippen molar-refractivity contribution in [3.05, 3.63) is 30.3 Å². The monoisotopic (exact) mass is 248 g/mol. The van der Waals surface area contributed by atoms with Gasteiger partial charge in [0.25, 0.3) is 0 Å². The lowest BCUT2D eigenvalue weighted by atomic mass is 9.95. The van der Waals surface area contributed by atoms with Crippen molar-refractivity contribution in [2.45, 2.75) is 31.8 Å². The molecule has 2 rings (SSSR count). The number of aliphatic hydroxyl groups excluding tert-OH is 1. The average Bonchev–Trinajstić information content (AvgIpc) is 2.34. The van der Waals surface area contributed by atoms with Crippen molar-refractivity contribution in [3.63, 3.8) is 0 Å². The maximum atomic E-state index is 12.5. The van der Waals surface area contributed by atoms with Crippen LogP contribution < -0.4 is 10.2 Å². The Morgan fingerprint density at radius 1 is 1.39 bits per heavy atom. The number of aliphatic hydroxyl groups is 1. The summed E-state index contributed by atoms with van der Waals surface area (Å²) in [6.07, 6.45) is 0.457. The molecule has 1 aromatic carbocycles. The van der Waals surface area contributed by atoms with Gasteiger partial charge in [-0.25, -0.2) is 0 Å². The number of hydrogen-bond acceptors (Lipinski definition) is 3. The van der Waals surface area contributed by atoms with Crippen molar-refractivity contribution < 1.29 is 9.90 Å². The molecule has 0 aliphatic carbocycles. The summed E-state index contributed by atoms with van der Waals surface area (Å²) in [5.41, 5.74) is 0.654. The van der Waals surface area contributed by atoms with Gasteiger partial charge in [-0.15, -0.1) is 0 Å². The number of benzene rings is 1. The lowest BCUT2D eigenvalue weighted by Crippen LogP contribution is -2.65. The number of amides is 1. The smallest absolute Gasteiger partial charge is 0.244 e. The van der Waals surface area contributed by atoms with E-state index in [2.05, 4.69) is 5.32 Å². The fourth-order valence-electron chi connectivity index (χ4n) is 2.40. The molecule has 2 N–H and O–H groups in total. The number of piperazine rings is 1. The maximum Gasteiger partial charge on any atom is 0.244 e. The second-order valence-electron chi connectivity index (χ2n) is 5.27. The van der Waals surface area contributed by atoms with Crippen LogP contribution in [0.5, 0.6) is 0 Å². The lowest BCUT2D eigenvalue weighted by Gasteiger charge is -2.45. The van der Waals surface area contributed by atoms with E-state index in [-0.39, 0.29) is 24.1 Å². The molecule has 98 valence electrons. The number of anilines is 1. The van der Waals surface area contributed by atoms with Crippen LogP contribution in [0.3, 0.4) is 0 Å². The summed E-state index contributed by atoms with van der Waals surface area (Å²) in [6, 6.07) is 9.41. The number of carbonyl (C=O) groups is 1. The van der Waals surface area contributed by atoms with Gasteiger partial charge < -0.3 is 15.3 Å². The van der Waals surface area contributed by atoms with Gasteiger partial charge in [-0.05, 0) is 32.4 Å². The zero-order chi connectivity index (χ0) is 13.2. The van der Waals surface area contributed by atoms with Gasteiger partial charge in [-0.2, -0.15) is 0 Å². The van der Waals surface area contributed by atoms with Crippen LogP contribution in [0, 0.1) is 0 Å². The van der Waals surface area contributed by atoms with E-state index < -0.39 is 0 Å². The zero-order valence-corrected chi connectivity index (χ0v) is 10.9. The highest BCUT2D eigenvalue weighted by Gasteiger charge is 2.40. The molecular formula is C14H20N2O2. The number of carbonyl (C=O) groups excluding carboxylic acids is 1. The van der Waals surface area contributed by atoms with E-state index in [0.717, 1.165) is 12.2 Å². The van der Waals surface area contributed by atoms with Gasteiger partial charge in [-0.3, -0.25) is 4.79 Å². The molecule has 1 aliphatic heterocycles. The number of rotatable bonds is 3. The van der Waals surface area contributed by atoms with Crippen LogP contribution in [0.4, 0.5) is 5.69 Å². The molecule has 4 nitrogen and oxygen atoms in total. The van der Waals surface area contributed by atoms with E-state index in [1.165, 1.54) is 0 Å². The second kappa shape index (κ2) is 5.08. The topological polar surface area (TPSA) is 52.6 Å². The molecule has 0 bridgehead atoms. The second-order valence-corrected chi connectivity index (χ2v) is 5.27. The first-order chi connectivity index (χ1) is 8.56. The van der Waals surface area contributed by atoms with Crippen molar-refractivity contribution in [1.82, 2.24) is 5.32 Å². The Hall–Kier alpha value is -1.39. The number of nitrogens with one attached hydrogen (secondary N) is 1. The maximum absolute atomic E-state index is 12.5. The van der Waals surface area contributed by atoms with Crippen molar-refractivity contribution in [2.24, 2.45) is 0 Å². The quantitative estimate of drug-likeness (QED) is 0.844. The van der Waals surface area contributed by atoms with Crippen LogP contribution in [0.15, 0.2) is 30.3 Å². The molecule has 1 aliphatic rings. The largest absolute Gasteiger partial charge is 0.396 e. The minimum Gasteiger partial charge on any atom is -0.396 e. The lowest BCUT2D eigenvalue weighted by molar-refractivity contribution is -0.123. The standard InChI is InChI=1S/C14H20N2O2/c1-14(2)10-15-12(8-9-17)13(18)16(14)11-6-4-3-5-7-11/h3-7,12,15,17H,8-10H2,1-2H3. The molecule has 0 aromatic heterocycles. The fourth-order valence-corrected chi connectivity index (χ4v) is 2.40. The van der Waals surface area contributed by atoms with Crippen LogP contribution in [0.25, 0.3) is 0 Å². The van der Waals surface area contributed by atoms with Crippen LogP contribution in [-0.2, 0) is 4.79 Å². The van der Waals surface area contributed by atoms with E-state index in [1.807, 2.05) is 49.1 Å². The first-order valence-electron chi connectivity index (χ1n) is 6.29. The van der Waals surface area contributed by atoms with Crippen LogP contribution in [0.2, 0.25) is 0 Å². The molecule has 1 unspecified atom stereocenters. The first kappa shape index (κ1) is 13.1. The highest BCUT2D eigenvalue weighted by atomic mass is 16.3. The van der Waals surface area contributed by atoms with Crippen LogP contribution in [0.1, 0.15) is 20.3 Å². The highest BCUT2D eigenvalue weighted by molar-refractivity contribution is 5.99. The van der Waals surface area contributed by atoms with Gasteiger partial charge in [0.1, 0.15) is 0 Å². The van der Waals surface area contributed by atoms with Crippen LogP contribution >= 0.6 is 0 Å². The van der Waals surface area contributed by atoms with E-state index in [4.69, 9.17) is 5.11 Å². The normalized spacial score (nSPS) is 23.2. The summed E-state index contributed by atoms with van der Waals surface area (Å²) in [5, 5.41) is 12.2. The van der Waals surface area contributed by atoms with E-state index in [1.54, 1.807) is 0 Å². The minimum absolute atomic E-state index is 0.0203. The fraction of sp³-hybridized carbons (Fsp3) is 0.500. The first-order valence-corrected chi connectivity index (χ1v) is 6.29. The molecule has 4 heteroatoms. The number of para-hydroxylation sites is 1. The third-order valence-electron chi connectivity index (χ3n) is 3.34. The summed E-state index contributed by atoms with van der Waals surface area (Å²) in [7, 11) is 0. The van der Waals surface area contributed by atoms with Crippen LogP contribution in [-0.4, -0.2) is 35.7 Å². The minimum atomic E-state index is -0.289. The zero-order valence-electron chi connectivity index (χ0n) is 10.9. The van der Waals surface area contributed by atoms with Gasteiger partial charge in [0, 0.05) is 18.8 Å². The van der Waals surface area contributed by atoms with E-state index in [0.29, 0.717) is 6.42 Å². The van der Waals surface area contributed by atoms with Gasteiger partial charge >= 0.3 is 0 Å². The van der Waals surface area contributed by atoms with Crippen molar-refractivity contribution in [2.75, 3.05) is 18.1 Å². The molecule has 18 heavy (non-hydrogen) atoms. The summed E-state index contributed by atoms with van der Waals surface area (Å²) >= 11 is 0. The molecule has 0 spiro atoms. The molecule has 1 amide bonds. The predicted octanol–water partition coefficient (Wildman–Crippen LogP) is 1.15. The molecule has 0 saturated carbocycles. The Morgan fingerprint density at radius 2 is 2.06 bits per heavy atom. The summed E-state index contributed by atoms with van der Waals surface area (Å²) in [4.78, 5) is 14.3. The molecule has 1 aromatic rings. The van der Waals surface area contributed by atoms with Gasteiger partial charge in [0.15, 0.2) is 0 Å². The third-order valence-corrected chi connectivity index (χ3v) is 3.34.